The van der Waals surface area contributed by atoms with Crippen LogP contribution in [0.2, 0.25) is 5.02 Å². The van der Waals surface area contributed by atoms with Crippen molar-refractivity contribution in [3.8, 4) is 11.7 Å². The first-order chi connectivity index (χ1) is 16.9. The van der Waals surface area contributed by atoms with Crippen LogP contribution in [0.3, 0.4) is 0 Å². The predicted octanol–water partition coefficient (Wildman–Crippen LogP) is 1.28. The quantitative estimate of drug-likeness (QED) is 0.438. The van der Waals surface area contributed by atoms with Crippen molar-refractivity contribution < 1.29 is 37.7 Å². The lowest BCUT2D eigenvalue weighted by molar-refractivity contribution is -0.192. The van der Waals surface area contributed by atoms with Crippen LogP contribution in [0.25, 0.3) is 16.9 Å². The molecule has 1 aromatic carbocycles. The molecule has 3 aromatic rings. The number of nitrogens with zero attached hydrogens (tertiary/aromatic N) is 5. The number of carboxylic acids is 2. The first kappa shape index (κ1) is 26.7. The Balaban J connectivity index is 0.000000454. The third-order valence-electron chi connectivity index (χ3n) is 4.90. The summed E-state index contributed by atoms with van der Waals surface area (Å²) in [5, 5.41) is 19.7. The van der Waals surface area contributed by atoms with E-state index in [1.54, 1.807) is 10.6 Å². The Bertz CT molecular complexity index is 1340. The Morgan fingerprint density at radius 1 is 1.17 bits per heavy atom. The second-order valence-corrected chi connectivity index (χ2v) is 7.76. The maximum Gasteiger partial charge on any atom is 0.490 e. The maximum atomic E-state index is 13.2. The van der Waals surface area contributed by atoms with Crippen molar-refractivity contribution in [1.29, 1.82) is 0 Å². The van der Waals surface area contributed by atoms with E-state index in [0.717, 1.165) is 13.1 Å². The van der Waals surface area contributed by atoms with Gasteiger partial charge in [-0.25, -0.2) is 9.59 Å². The molecule has 0 atom stereocenters. The normalized spacial score (nSPS) is 13.8. The predicted molar refractivity (Wildman–Crippen MR) is 121 cm³/mol. The van der Waals surface area contributed by atoms with Gasteiger partial charge in [0.25, 0.3) is 5.56 Å². The van der Waals surface area contributed by atoms with E-state index in [1.165, 1.54) is 11.6 Å². The van der Waals surface area contributed by atoms with Gasteiger partial charge in [-0.1, -0.05) is 23.7 Å². The highest BCUT2D eigenvalue weighted by molar-refractivity contribution is 6.32. The molecule has 3 N–H and O–H groups in total. The lowest BCUT2D eigenvalue weighted by atomic mass is 10.3. The summed E-state index contributed by atoms with van der Waals surface area (Å²) >= 11 is 6.44. The molecule has 1 aliphatic heterocycles. The molecule has 0 unspecified atom stereocenters. The van der Waals surface area contributed by atoms with Gasteiger partial charge in [-0.05, 0) is 12.1 Å². The van der Waals surface area contributed by atoms with Crippen molar-refractivity contribution in [2.45, 2.75) is 6.18 Å². The van der Waals surface area contributed by atoms with E-state index in [2.05, 4.69) is 20.2 Å². The zero-order valence-electron chi connectivity index (χ0n) is 18.6. The third-order valence-corrected chi connectivity index (χ3v) is 5.22. The second-order valence-electron chi connectivity index (χ2n) is 7.35. The highest BCUT2D eigenvalue weighted by atomic mass is 35.5. The number of aliphatic carboxylic acids is 2. The van der Waals surface area contributed by atoms with Crippen LogP contribution >= 0.6 is 11.6 Å². The van der Waals surface area contributed by atoms with Crippen LogP contribution in [0, 0.1) is 0 Å². The molecule has 0 bridgehead atoms. The molecular weight excluding hydrogens is 513 g/mol. The SMILES string of the molecule is Cn1c(OCC(=O)O)nc2nc(N3CCNCC3)n(-c3ccccc3Cl)c2c1=O.O=C(O)C(F)(F)F. The van der Waals surface area contributed by atoms with Crippen LogP contribution < -0.4 is 20.5 Å². The smallest absolute Gasteiger partial charge is 0.479 e. The highest BCUT2D eigenvalue weighted by Gasteiger charge is 2.38. The molecule has 36 heavy (non-hydrogen) atoms. The molecule has 0 aliphatic carbocycles. The Kier molecular flexibility index (Phi) is 8.04. The van der Waals surface area contributed by atoms with E-state index in [0.29, 0.717) is 29.7 Å². The third kappa shape index (κ3) is 5.85. The van der Waals surface area contributed by atoms with Crippen LogP contribution in [-0.2, 0) is 16.6 Å². The highest BCUT2D eigenvalue weighted by Crippen LogP contribution is 2.29. The number of hydrogen-bond acceptors (Lipinski definition) is 8. The minimum atomic E-state index is -5.08. The fourth-order valence-corrected chi connectivity index (χ4v) is 3.49. The standard InChI is InChI=1S/C18H19ClN6O4.C2HF3O2/c1-23-16(28)14-15(22-18(23)29-10-13(26)27)21-17(24-8-6-20-7-9-24)25(14)12-5-3-2-4-11(12)19;3-2(4,5)1(6)7/h2-5,20H,6-10H2,1H3,(H,26,27);(H,6,7). The number of carboxylic acid groups (broad SMARTS) is 2. The van der Waals surface area contributed by atoms with Gasteiger partial charge in [0.15, 0.2) is 17.8 Å². The van der Waals surface area contributed by atoms with E-state index in [9.17, 15) is 22.8 Å². The Hall–Kier alpha value is -3.85. The lowest BCUT2D eigenvalue weighted by Crippen LogP contribution is -2.44. The largest absolute Gasteiger partial charge is 0.490 e. The molecule has 16 heteroatoms. The van der Waals surface area contributed by atoms with Gasteiger partial charge in [-0.15, -0.1) is 0 Å². The lowest BCUT2D eigenvalue weighted by Gasteiger charge is -2.28. The first-order valence-corrected chi connectivity index (χ1v) is 10.6. The topological polar surface area (TPSA) is 152 Å². The zero-order chi connectivity index (χ0) is 26.6. The molecule has 0 saturated carbocycles. The molecule has 1 fully saturated rings. The van der Waals surface area contributed by atoms with Crippen LogP contribution in [0.4, 0.5) is 19.1 Å². The van der Waals surface area contributed by atoms with E-state index >= 15 is 0 Å². The molecule has 0 radical (unpaired) electrons. The second kappa shape index (κ2) is 10.8. The first-order valence-electron chi connectivity index (χ1n) is 10.3. The fraction of sp³-hybridized carbons (Fsp3) is 0.350. The fourth-order valence-electron chi connectivity index (χ4n) is 3.27. The molecule has 194 valence electrons. The Morgan fingerprint density at radius 3 is 2.33 bits per heavy atom. The van der Waals surface area contributed by atoms with Crippen LogP contribution in [0.15, 0.2) is 29.1 Å². The van der Waals surface area contributed by atoms with Gasteiger partial charge in [-0.2, -0.15) is 23.1 Å². The summed E-state index contributed by atoms with van der Waals surface area (Å²) in [7, 11) is 1.47. The number of imidazole rings is 1. The van der Waals surface area contributed by atoms with E-state index < -0.39 is 30.3 Å². The molecule has 12 nitrogen and oxygen atoms in total. The monoisotopic (exact) mass is 532 g/mol. The number of hydrogen-bond donors (Lipinski definition) is 3. The summed E-state index contributed by atoms with van der Waals surface area (Å²) in [4.78, 5) is 43.8. The Labute approximate surface area is 205 Å². The van der Waals surface area contributed by atoms with E-state index in [4.69, 9.17) is 31.3 Å². The summed E-state index contributed by atoms with van der Waals surface area (Å²) in [6, 6.07) is 7.08. The van der Waals surface area contributed by atoms with Crippen LogP contribution in [0.5, 0.6) is 6.01 Å². The average Bonchev–Trinajstić information content (AvgIpc) is 3.20. The van der Waals surface area contributed by atoms with E-state index in [-0.39, 0.29) is 17.2 Å². The molecule has 1 saturated heterocycles. The number of ether oxygens (including phenoxy) is 1. The van der Waals surface area contributed by atoms with Crippen molar-refractivity contribution in [2.24, 2.45) is 7.05 Å². The average molecular weight is 533 g/mol. The van der Waals surface area contributed by atoms with Gasteiger partial charge in [0, 0.05) is 33.2 Å². The molecule has 1 aliphatic rings. The van der Waals surface area contributed by atoms with E-state index in [1.807, 2.05) is 18.2 Å². The number of piperazine rings is 1. The summed E-state index contributed by atoms with van der Waals surface area (Å²) in [5.74, 6) is -3.37. The summed E-state index contributed by atoms with van der Waals surface area (Å²) in [6.45, 7) is 2.36. The molecule has 0 spiro atoms. The van der Waals surface area contributed by atoms with Crippen LogP contribution in [-0.4, -0.2) is 80.2 Å². The van der Waals surface area contributed by atoms with Gasteiger partial charge < -0.3 is 25.2 Å². The molecule has 0 amide bonds. The summed E-state index contributed by atoms with van der Waals surface area (Å²) in [5.41, 5.74) is 0.617. The van der Waals surface area contributed by atoms with Crippen molar-refractivity contribution >= 4 is 40.7 Å². The number of alkyl halides is 3. The number of aromatic nitrogens is 4. The Morgan fingerprint density at radius 2 is 1.78 bits per heavy atom. The minimum Gasteiger partial charge on any atom is -0.479 e. The van der Waals surface area contributed by atoms with Crippen molar-refractivity contribution in [3.05, 3.63) is 39.6 Å². The number of benzene rings is 1. The van der Waals surface area contributed by atoms with Crippen molar-refractivity contribution in [3.63, 3.8) is 0 Å². The van der Waals surface area contributed by atoms with Gasteiger partial charge >= 0.3 is 24.1 Å². The number of halogens is 4. The van der Waals surface area contributed by atoms with Gasteiger partial charge in [0.2, 0.25) is 5.95 Å². The molecule has 2 aromatic heterocycles. The number of rotatable bonds is 5. The molecular formula is C20H20ClF3N6O6. The molecule has 4 rings (SSSR count). The molecule has 3 heterocycles. The number of anilines is 1. The van der Waals surface area contributed by atoms with Gasteiger partial charge in [-0.3, -0.25) is 13.9 Å². The van der Waals surface area contributed by atoms with Gasteiger partial charge in [0.1, 0.15) is 0 Å². The number of carbonyl (C=O) groups is 2. The van der Waals surface area contributed by atoms with Crippen molar-refractivity contribution in [2.75, 3.05) is 37.7 Å². The van der Waals surface area contributed by atoms with Crippen LogP contribution in [0.1, 0.15) is 0 Å². The summed E-state index contributed by atoms with van der Waals surface area (Å²) < 4.78 is 39.8. The zero-order valence-corrected chi connectivity index (χ0v) is 19.4. The minimum absolute atomic E-state index is 0.111. The van der Waals surface area contributed by atoms with Gasteiger partial charge in [0.05, 0.1) is 10.7 Å². The number of para-hydroxylation sites is 1. The summed E-state index contributed by atoms with van der Waals surface area (Å²) in [6.07, 6.45) is -5.08. The van der Waals surface area contributed by atoms with Crippen molar-refractivity contribution in [1.82, 2.24) is 24.4 Å². The number of fused-ring (bicyclic) bond motifs is 1. The number of nitrogens with one attached hydrogen (secondary N) is 1. The maximum absolute atomic E-state index is 13.2.